The zero-order chi connectivity index (χ0) is 11.6. The summed E-state index contributed by atoms with van der Waals surface area (Å²) < 4.78 is 22.5. The fraction of sp³-hybridized carbons (Fsp3) is 0.600. The summed E-state index contributed by atoms with van der Waals surface area (Å²) in [6, 6.07) is 1.79. The fourth-order valence-electron chi connectivity index (χ4n) is 1.92. The first-order valence-electron chi connectivity index (χ1n) is 5.23. The number of rotatable bonds is 2. The molecule has 0 amide bonds. The molecular formula is C10H13ClN2O2S. The number of nitrogens with zero attached hydrogens (tertiary/aromatic N) is 2. The molecule has 1 aliphatic heterocycles. The van der Waals surface area contributed by atoms with Gasteiger partial charge in [-0.05, 0) is 31.2 Å². The number of sulfone groups is 1. The van der Waals surface area contributed by atoms with E-state index in [0.717, 1.165) is 25.0 Å². The fourth-order valence-corrected chi connectivity index (χ4v) is 3.68. The van der Waals surface area contributed by atoms with E-state index in [2.05, 4.69) is 10.2 Å². The number of hydrogen-bond donors (Lipinski definition) is 0. The van der Waals surface area contributed by atoms with E-state index in [9.17, 15) is 8.42 Å². The molecule has 2 heterocycles. The molecule has 0 saturated carbocycles. The Morgan fingerprint density at radius 1 is 1.38 bits per heavy atom. The standard InChI is InChI=1S/C10H13ClN2O2S/c11-9-6-10(13-12-7-9)5-8-1-3-16(14,15)4-2-8/h6-8H,1-5H2. The molecule has 1 fully saturated rings. The molecule has 0 unspecified atom stereocenters. The molecule has 0 bridgehead atoms. The minimum Gasteiger partial charge on any atom is -0.229 e. The van der Waals surface area contributed by atoms with Gasteiger partial charge in [0.1, 0.15) is 9.84 Å². The van der Waals surface area contributed by atoms with Crippen molar-refractivity contribution >= 4 is 21.4 Å². The van der Waals surface area contributed by atoms with E-state index in [4.69, 9.17) is 11.6 Å². The lowest BCUT2D eigenvalue weighted by Crippen LogP contribution is -2.24. The average Bonchev–Trinajstić information content (AvgIpc) is 2.21. The van der Waals surface area contributed by atoms with Crippen LogP contribution in [0.4, 0.5) is 0 Å². The van der Waals surface area contributed by atoms with E-state index >= 15 is 0 Å². The zero-order valence-electron chi connectivity index (χ0n) is 8.76. The van der Waals surface area contributed by atoms with E-state index in [1.165, 1.54) is 6.20 Å². The van der Waals surface area contributed by atoms with Crippen molar-refractivity contribution in [3.8, 4) is 0 Å². The molecule has 0 aromatic carbocycles. The molecule has 1 aromatic heterocycles. The van der Waals surface area contributed by atoms with Crippen LogP contribution in [0.3, 0.4) is 0 Å². The number of aromatic nitrogens is 2. The number of halogens is 1. The molecule has 1 aliphatic rings. The molecular weight excluding hydrogens is 248 g/mol. The quantitative estimate of drug-likeness (QED) is 0.809. The van der Waals surface area contributed by atoms with Gasteiger partial charge in [0.05, 0.1) is 28.4 Å². The van der Waals surface area contributed by atoms with Crippen molar-refractivity contribution in [2.24, 2.45) is 5.92 Å². The lowest BCUT2D eigenvalue weighted by molar-refractivity contribution is 0.457. The largest absolute Gasteiger partial charge is 0.229 e. The molecule has 0 N–H and O–H groups in total. The molecule has 0 spiro atoms. The highest BCUT2D eigenvalue weighted by molar-refractivity contribution is 7.91. The second-order valence-corrected chi connectivity index (χ2v) is 6.90. The summed E-state index contributed by atoms with van der Waals surface area (Å²) in [5, 5.41) is 8.34. The Morgan fingerprint density at radius 3 is 2.69 bits per heavy atom. The maximum absolute atomic E-state index is 11.3. The van der Waals surface area contributed by atoms with E-state index in [-0.39, 0.29) is 0 Å². The summed E-state index contributed by atoms with van der Waals surface area (Å²) in [7, 11) is -2.78. The van der Waals surface area contributed by atoms with Gasteiger partial charge in [-0.25, -0.2) is 8.42 Å². The van der Waals surface area contributed by atoms with Crippen molar-refractivity contribution in [3.63, 3.8) is 0 Å². The summed E-state index contributed by atoms with van der Waals surface area (Å²) in [5.41, 5.74) is 0.844. The minimum atomic E-state index is -2.78. The molecule has 1 aromatic rings. The third kappa shape index (κ3) is 3.15. The zero-order valence-corrected chi connectivity index (χ0v) is 10.3. The van der Waals surface area contributed by atoms with Gasteiger partial charge in [0.25, 0.3) is 0 Å². The molecule has 2 rings (SSSR count). The molecule has 88 valence electrons. The van der Waals surface area contributed by atoms with Crippen LogP contribution in [0.15, 0.2) is 12.3 Å². The third-order valence-electron chi connectivity index (χ3n) is 2.84. The molecule has 6 heteroatoms. The van der Waals surface area contributed by atoms with Gasteiger partial charge in [-0.3, -0.25) is 0 Å². The third-order valence-corrected chi connectivity index (χ3v) is 4.77. The van der Waals surface area contributed by atoms with Crippen LogP contribution in [0.25, 0.3) is 0 Å². The lowest BCUT2D eigenvalue weighted by Gasteiger charge is -2.21. The van der Waals surface area contributed by atoms with Crippen molar-refractivity contribution in [2.45, 2.75) is 19.3 Å². The van der Waals surface area contributed by atoms with E-state index < -0.39 is 9.84 Å². The Hall–Kier alpha value is -0.680. The average molecular weight is 261 g/mol. The van der Waals surface area contributed by atoms with Gasteiger partial charge in [-0.2, -0.15) is 10.2 Å². The first kappa shape index (κ1) is 11.8. The van der Waals surface area contributed by atoms with Crippen LogP contribution in [0.1, 0.15) is 18.5 Å². The monoisotopic (exact) mass is 260 g/mol. The smallest absolute Gasteiger partial charge is 0.150 e. The molecule has 0 atom stereocenters. The van der Waals surface area contributed by atoms with Crippen molar-refractivity contribution in [1.82, 2.24) is 10.2 Å². The van der Waals surface area contributed by atoms with Crippen molar-refractivity contribution in [3.05, 3.63) is 23.0 Å². The van der Waals surface area contributed by atoms with Gasteiger partial charge in [-0.1, -0.05) is 11.6 Å². The first-order chi connectivity index (χ1) is 7.55. The Bertz CT molecular complexity index is 461. The van der Waals surface area contributed by atoms with E-state index in [0.29, 0.717) is 22.4 Å². The van der Waals surface area contributed by atoms with Crippen LogP contribution in [0, 0.1) is 5.92 Å². The highest BCUT2D eigenvalue weighted by Crippen LogP contribution is 2.22. The normalized spacial score (nSPS) is 20.8. The van der Waals surface area contributed by atoms with Gasteiger partial charge in [0.15, 0.2) is 0 Å². The van der Waals surface area contributed by atoms with Crippen LogP contribution in [-0.4, -0.2) is 30.1 Å². The maximum atomic E-state index is 11.3. The highest BCUT2D eigenvalue weighted by atomic mass is 35.5. The van der Waals surface area contributed by atoms with Crippen LogP contribution in [-0.2, 0) is 16.3 Å². The summed E-state index contributed by atoms with van der Waals surface area (Å²) in [4.78, 5) is 0. The summed E-state index contributed by atoms with van der Waals surface area (Å²) in [6.45, 7) is 0. The highest BCUT2D eigenvalue weighted by Gasteiger charge is 2.23. The molecule has 1 saturated heterocycles. The van der Waals surface area contributed by atoms with E-state index in [1.807, 2.05) is 0 Å². The van der Waals surface area contributed by atoms with Gasteiger partial charge >= 0.3 is 0 Å². The summed E-state index contributed by atoms with van der Waals surface area (Å²) in [6.07, 6.45) is 3.70. The number of hydrogen-bond acceptors (Lipinski definition) is 4. The molecule has 0 radical (unpaired) electrons. The van der Waals surface area contributed by atoms with Crippen LogP contribution < -0.4 is 0 Å². The SMILES string of the molecule is O=S1(=O)CCC(Cc2cc(Cl)cnn2)CC1. The first-order valence-corrected chi connectivity index (χ1v) is 7.43. The minimum absolute atomic E-state index is 0.297. The molecule has 16 heavy (non-hydrogen) atoms. The van der Waals surface area contributed by atoms with Crippen LogP contribution >= 0.6 is 11.6 Å². The Balaban J connectivity index is 1.97. The lowest BCUT2D eigenvalue weighted by atomic mass is 9.97. The Morgan fingerprint density at radius 2 is 2.06 bits per heavy atom. The topological polar surface area (TPSA) is 59.9 Å². The van der Waals surface area contributed by atoms with Gasteiger partial charge in [0.2, 0.25) is 0 Å². The van der Waals surface area contributed by atoms with Gasteiger partial charge < -0.3 is 0 Å². The second kappa shape index (κ2) is 4.67. The summed E-state index contributed by atoms with van der Waals surface area (Å²) in [5.74, 6) is 0.980. The second-order valence-electron chi connectivity index (χ2n) is 4.16. The Kier molecular flexibility index (Phi) is 3.44. The predicted octanol–water partition coefficient (Wildman–Crippen LogP) is 1.50. The van der Waals surface area contributed by atoms with Crippen molar-refractivity contribution in [1.29, 1.82) is 0 Å². The van der Waals surface area contributed by atoms with Gasteiger partial charge in [-0.15, -0.1) is 0 Å². The Labute approximate surface area is 100.0 Å². The van der Waals surface area contributed by atoms with Gasteiger partial charge in [0, 0.05) is 0 Å². The van der Waals surface area contributed by atoms with Crippen LogP contribution in [0.2, 0.25) is 5.02 Å². The predicted molar refractivity (Wildman–Crippen MR) is 62.1 cm³/mol. The maximum Gasteiger partial charge on any atom is 0.150 e. The van der Waals surface area contributed by atoms with Crippen molar-refractivity contribution in [2.75, 3.05) is 11.5 Å². The molecule has 0 aliphatic carbocycles. The van der Waals surface area contributed by atoms with E-state index in [1.54, 1.807) is 6.07 Å². The van der Waals surface area contributed by atoms with Crippen LogP contribution in [0.5, 0.6) is 0 Å². The molecule has 4 nitrogen and oxygen atoms in total. The summed E-state index contributed by atoms with van der Waals surface area (Å²) >= 11 is 5.81. The van der Waals surface area contributed by atoms with Crippen molar-refractivity contribution < 1.29 is 8.42 Å².